The molecule has 4 rings (SSSR count). The molecule has 0 radical (unpaired) electrons. The van der Waals surface area contributed by atoms with Crippen LogP contribution < -0.4 is 0 Å². The molecule has 3 aromatic rings. The van der Waals surface area contributed by atoms with E-state index < -0.39 is 17.4 Å². The molecule has 0 saturated carbocycles. The van der Waals surface area contributed by atoms with Gasteiger partial charge in [-0.2, -0.15) is 4.39 Å². The van der Waals surface area contributed by atoms with Crippen LogP contribution >= 0.6 is 0 Å². The Labute approximate surface area is 205 Å². The smallest absolute Gasteiger partial charge is 0.200 e. The summed E-state index contributed by atoms with van der Waals surface area (Å²) in [7, 11) is 0. The zero-order chi connectivity index (χ0) is 24.8. The predicted molar refractivity (Wildman–Crippen MR) is 134 cm³/mol. The topological polar surface area (TPSA) is 29.5 Å². The van der Waals surface area contributed by atoms with Gasteiger partial charge in [0.25, 0.3) is 0 Å². The Bertz CT molecular complexity index is 1120. The summed E-state index contributed by atoms with van der Waals surface area (Å²) in [6, 6.07) is 14.6. The highest BCUT2D eigenvalue weighted by Crippen LogP contribution is 2.34. The van der Waals surface area contributed by atoms with Crippen molar-refractivity contribution in [1.82, 2.24) is 0 Å². The van der Waals surface area contributed by atoms with Crippen LogP contribution in [-0.2, 0) is 4.74 Å². The van der Waals surface area contributed by atoms with Gasteiger partial charge in [-0.15, -0.1) is 0 Å². The lowest BCUT2D eigenvalue weighted by molar-refractivity contribution is -0.00273. The molecule has 0 amide bonds. The fourth-order valence-corrected chi connectivity index (χ4v) is 4.90. The van der Waals surface area contributed by atoms with E-state index >= 15 is 4.39 Å². The third-order valence-corrected chi connectivity index (χ3v) is 7.03. The monoisotopic (exact) mass is 482 g/mol. The number of unbranched alkanes of at least 4 members (excludes halogenated alkanes) is 4. The average Bonchev–Trinajstić information content (AvgIpc) is 2.88. The lowest BCUT2D eigenvalue weighted by Crippen LogP contribution is -2.25. The van der Waals surface area contributed by atoms with E-state index in [4.69, 9.17) is 4.74 Å². The summed E-state index contributed by atoms with van der Waals surface area (Å²) in [4.78, 5) is 0. The van der Waals surface area contributed by atoms with Crippen molar-refractivity contribution in [3.8, 4) is 28.0 Å². The Morgan fingerprint density at radius 2 is 1.51 bits per heavy atom. The van der Waals surface area contributed by atoms with Crippen LogP contribution in [0.15, 0.2) is 54.6 Å². The molecule has 1 aliphatic heterocycles. The quantitative estimate of drug-likeness (QED) is 0.309. The van der Waals surface area contributed by atoms with Gasteiger partial charge in [-0.25, -0.2) is 8.78 Å². The van der Waals surface area contributed by atoms with Crippen LogP contribution in [0.25, 0.3) is 22.3 Å². The van der Waals surface area contributed by atoms with Crippen molar-refractivity contribution in [1.29, 1.82) is 0 Å². The van der Waals surface area contributed by atoms with Gasteiger partial charge in [0.05, 0.1) is 12.7 Å². The van der Waals surface area contributed by atoms with Gasteiger partial charge in [-0.05, 0) is 59.7 Å². The minimum Gasteiger partial charge on any atom is -0.505 e. The number of phenols is 1. The number of benzene rings is 3. The first-order valence-corrected chi connectivity index (χ1v) is 12.7. The van der Waals surface area contributed by atoms with Crippen molar-refractivity contribution in [3.63, 3.8) is 0 Å². The van der Waals surface area contributed by atoms with Crippen LogP contribution in [0, 0.1) is 17.5 Å². The van der Waals surface area contributed by atoms with E-state index in [1.54, 1.807) is 24.3 Å². The van der Waals surface area contributed by atoms with Crippen molar-refractivity contribution in [2.24, 2.45) is 0 Å². The Morgan fingerprint density at radius 3 is 2.20 bits per heavy atom. The molecular formula is C30H33F3O2. The molecule has 186 valence electrons. The van der Waals surface area contributed by atoms with Crippen LogP contribution in [0.3, 0.4) is 0 Å². The molecule has 1 fully saturated rings. The highest BCUT2D eigenvalue weighted by Gasteiger charge is 2.25. The zero-order valence-electron chi connectivity index (χ0n) is 20.2. The second-order valence-corrected chi connectivity index (χ2v) is 9.51. The maximum atomic E-state index is 15.0. The van der Waals surface area contributed by atoms with Crippen molar-refractivity contribution in [3.05, 3.63) is 77.6 Å². The summed E-state index contributed by atoms with van der Waals surface area (Å²) in [5.74, 6) is -3.27. The number of phenolic OH excluding ortho intramolecular Hbond substituents is 1. The maximum absolute atomic E-state index is 15.0. The summed E-state index contributed by atoms with van der Waals surface area (Å²) in [5, 5.41) is 9.32. The van der Waals surface area contributed by atoms with Gasteiger partial charge in [-0.3, -0.25) is 0 Å². The highest BCUT2D eigenvalue weighted by molar-refractivity contribution is 5.71. The average molecular weight is 483 g/mol. The molecule has 0 aliphatic carbocycles. The maximum Gasteiger partial charge on any atom is 0.200 e. The molecule has 0 aromatic heterocycles. The molecule has 5 heteroatoms. The summed E-state index contributed by atoms with van der Waals surface area (Å²) in [6.45, 7) is 2.77. The summed E-state index contributed by atoms with van der Waals surface area (Å²) < 4.78 is 49.0. The Hall–Kier alpha value is -2.79. The molecule has 2 nitrogen and oxygen atoms in total. The van der Waals surface area contributed by atoms with Gasteiger partial charge in [0.2, 0.25) is 5.82 Å². The molecule has 35 heavy (non-hydrogen) atoms. The Morgan fingerprint density at radius 1 is 0.800 bits per heavy atom. The summed E-state index contributed by atoms with van der Waals surface area (Å²) in [5.41, 5.74) is 2.72. The molecule has 2 unspecified atom stereocenters. The fourth-order valence-electron chi connectivity index (χ4n) is 4.90. The van der Waals surface area contributed by atoms with Crippen molar-refractivity contribution >= 4 is 0 Å². The van der Waals surface area contributed by atoms with Crippen LogP contribution in [-0.4, -0.2) is 17.8 Å². The highest BCUT2D eigenvalue weighted by atomic mass is 19.2. The number of aromatic hydroxyl groups is 1. The van der Waals surface area contributed by atoms with E-state index in [1.807, 2.05) is 12.1 Å². The number of halogens is 3. The second-order valence-electron chi connectivity index (χ2n) is 9.51. The molecule has 0 bridgehead atoms. The molecule has 1 aliphatic rings. The van der Waals surface area contributed by atoms with E-state index in [-0.39, 0.29) is 17.3 Å². The van der Waals surface area contributed by atoms with Crippen LogP contribution in [0.4, 0.5) is 13.2 Å². The number of hydrogen-bond donors (Lipinski definition) is 1. The van der Waals surface area contributed by atoms with E-state index in [2.05, 4.69) is 6.92 Å². The lowest BCUT2D eigenvalue weighted by Gasteiger charge is -2.29. The number of ether oxygens (including phenoxy) is 1. The Kier molecular flexibility index (Phi) is 8.50. The number of rotatable bonds is 9. The van der Waals surface area contributed by atoms with E-state index in [1.165, 1.54) is 44.2 Å². The molecule has 1 saturated heterocycles. The molecule has 1 N–H and O–H groups in total. The lowest BCUT2D eigenvalue weighted by atomic mass is 9.88. The van der Waals surface area contributed by atoms with Gasteiger partial charge in [-0.1, -0.05) is 75.4 Å². The first-order valence-electron chi connectivity index (χ1n) is 12.7. The second kappa shape index (κ2) is 11.8. The van der Waals surface area contributed by atoms with E-state index in [0.29, 0.717) is 23.8 Å². The molecule has 3 aromatic carbocycles. The molecule has 1 heterocycles. The molecule has 2 atom stereocenters. The zero-order valence-corrected chi connectivity index (χ0v) is 20.2. The van der Waals surface area contributed by atoms with Crippen molar-refractivity contribution in [2.45, 2.75) is 70.3 Å². The van der Waals surface area contributed by atoms with Crippen molar-refractivity contribution in [2.75, 3.05) is 6.61 Å². The van der Waals surface area contributed by atoms with Crippen molar-refractivity contribution < 1.29 is 23.0 Å². The molecule has 0 spiro atoms. The van der Waals surface area contributed by atoms with Gasteiger partial charge in [0.1, 0.15) is 5.82 Å². The van der Waals surface area contributed by atoms with Crippen LogP contribution in [0.2, 0.25) is 0 Å². The first-order chi connectivity index (χ1) is 17.0. The summed E-state index contributed by atoms with van der Waals surface area (Å²) >= 11 is 0. The normalized spacial score (nSPS) is 18.1. The van der Waals surface area contributed by atoms with Crippen LogP contribution in [0.5, 0.6) is 5.75 Å². The minimum absolute atomic E-state index is 0.0601. The van der Waals surface area contributed by atoms with E-state index in [0.717, 1.165) is 36.5 Å². The molecular weight excluding hydrogens is 449 g/mol. The van der Waals surface area contributed by atoms with E-state index in [9.17, 15) is 13.9 Å². The third-order valence-electron chi connectivity index (χ3n) is 7.03. The van der Waals surface area contributed by atoms with Crippen LogP contribution in [0.1, 0.15) is 69.8 Å². The summed E-state index contributed by atoms with van der Waals surface area (Å²) in [6.07, 6.45) is 9.57. The fraction of sp³-hybridized carbons (Fsp3) is 0.400. The number of hydrogen-bond acceptors (Lipinski definition) is 2. The van der Waals surface area contributed by atoms with Gasteiger partial charge < -0.3 is 9.84 Å². The van der Waals surface area contributed by atoms with Gasteiger partial charge >= 0.3 is 0 Å². The predicted octanol–water partition coefficient (Wildman–Crippen LogP) is 8.77. The standard InChI is InChI=1S/C30H33F3O2/c1-2-3-4-5-6-7-24-14-12-23(19-35-24)25-15-13-22(18-27(25)31)20-8-10-21(11-9-20)26-16-17-28(34)30(33)29(26)32/h8-11,13,15-18,23-24,34H,2-7,12,14,19H2,1H3. The minimum atomic E-state index is -1.27. The Balaban J connectivity index is 1.38. The third kappa shape index (κ3) is 6.07. The largest absolute Gasteiger partial charge is 0.505 e. The SMILES string of the molecule is CCCCCCCC1CCC(c2ccc(-c3ccc(-c4ccc(O)c(F)c4F)cc3)cc2F)CO1. The first kappa shape index (κ1) is 25.3. The van der Waals surface area contributed by atoms with Gasteiger partial charge in [0, 0.05) is 11.5 Å². The van der Waals surface area contributed by atoms with Gasteiger partial charge in [0.15, 0.2) is 11.6 Å².